The van der Waals surface area contributed by atoms with Gasteiger partial charge in [-0.3, -0.25) is 9.36 Å². The monoisotopic (exact) mass is 238 g/mol. The van der Waals surface area contributed by atoms with Crippen molar-refractivity contribution in [2.75, 3.05) is 0 Å². The van der Waals surface area contributed by atoms with Crippen molar-refractivity contribution in [2.24, 2.45) is 0 Å². The summed E-state index contributed by atoms with van der Waals surface area (Å²) in [4.78, 5) is 15.9. The molecule has 0 aliphatic carbocycles. The Morgan fingerprint density at radius 2 is 2.31 bits per heavy atom. The number of nitrogens with zero attached hydrogens (tertiary/aromatic N) is 2. The zero-order chi connectivity index (χ0) is 12.1. The topological polar surface area (TPSA) is 34.9 Å². The van der Waals surface area contributed by atoms with Crippen molar-refractivity contribution >= 4 is 11.6 Å². The molecule has 0 aliphatic heterocycles. The summed E-state index contributed by atoms with van der Waals surface area (Å²) in [6.45, 7) is 4.56. The number of terminal acetylenes is 1. The van der Waals surface area contributed by atoms with Crippen LogP contribution in [0.2, 0.25) is 5.15 Å². The molecule has 1 aromatic rings. The highest BCUT2D eigenvalue weighted by Crippen LogP contribution is 2.13. The summed E-state index contributed by atoms with van der Waals surface area (Å²) in [5.74, 6) is 3.44. The van der Waals surface area contributed by atoms with Crippen LogP contribution in [0.1, 0.15) is 38.4 Å². The lowest BCUT2D eigenvalue weighted by Crippen LogP contribution is -2.25. The first-order valence-corrected chi connectivity index (χ1v) is 5.64. The lowest BCUT2D eigenvalue weighted by atomic mass is 10.2. The molecule has 0 aliphatic rings. The van der Waals surface area contributed by atoms with E-state index in [9.17, 15) is 4.79 Å². The van der Waals surface area contributed by atoms with E-state index in [1.165, 1.54) is 6.07 Å². The molecule has 0 saturated carbocycles. The van der Waals surface area contributed by atoms with Gasteiger partial charge in [-0.1, -0.05) is 25.4 Å². The minimum absolute atomic E-state index is 0.110. The number of aromatic nitrogens is 2. The van der Waals surface area contributed by atoms with E-state index in [0.717, 1.165) is 12.2 Å². The molecule has 0 bridgehead atoms. The molecule has 0 atom stereocenters. The zero-order valence-corrected chi connectivity index (χ0v) is 10.3. The van der Waals surface area contributed by atoms with Crippen molar-refractivity contribution in [3.63, 3.8) is 0 Å². The van der Waals surface area contributed by atoms with Gasteiger partial charge in [0, 0.05) is 24.9 Å². The van der Waals surface area contributed by atoms with Crippen molar-refractivity contribution < 1.29 is 0 Å². The van der Waals surface area contributed by atoms with Gasteiger partial charge < -0.3 is 0 Å². The van der Waals surface area contributed by atoms with E-state index in [2.05, 4.69) is 10.9 Å². The molecule has 0 saturated heterocycles. The Balaban J connectivity index is 3.06. The van der Waals surface area contributed by atoms with E-state index in [4.69, 9.17) is 18.0 Å². The van der Waals surface area contributed by atoms with Crippen LogP contribution in [0.4, 0.5) is 0 Å². The van der Waals surface area contributed by atoms with Crippen LogP contribution in [0, 0.1) is 12.3 Å². The molecule has 4 heteroatoms. The maximum Gasteiger partial charge on any atom is 0.254 e. The summed E-state index contributed by atoms with van der Waals surface area (Å²) in [5.41, 5.74) is -0.110. The molecule has 0 aromatic carbocycles. The summed E-state index contributed by atoms with van der Waals surface area (Å²) < 4.78 is 1.65. The quantitative estimate of drug-likeness (QED) is 0.459. The molecule has 1 heterocycles. The van der Waals surface area contributed by atoms with Crippen LogP contribution in [-0.4, -0.2) is 9.55 Å². The molecule has 0 amide bonds. The van der Waals surface area contributed by atoms with E-state index in [1.807, 2.05) is 13.8 Å². The highest BCUT2D eigenvalue weighted by molar-refractivity contribution is 6.29. The lowest BCUT2D eigenvalue weighted by Gasteiger charge is -2.13. The summed E-state index contributed by atoms with van der Waals surface area (Å²) in [7, 11) is 0. The summed E-state index contributed by atoms with van der Waals surface area (Å²) in [6.07, 6.45) is 6.62. The number of unbranched alkanes of at least 4 members (excludes halogenated alkanes) is 1. The fraction of sp³-hybridized carbons (Fsp3) is 0.500. The molecule has 86 valence electrons. The maximum atomic E-state index is 11.7. The van der Waals surface area contributed by atoms with Gasteiger partial charge in [-0.15, -0.1) is 12.3 Å². The Morgan fingerprint density at radius 1 is 1.62 bits per heavy atom. The molecule has 0 N–H and O–H groups in total. The minimum Gasteiger partial charge on any atom is -0.296 e. The Kier molecular flexibility index (Phi) is 4.57. The van der Waals surface area contributed by atoms with E-state index >= 15 is 0 Å². The number of hydrogen-bond donors (Lipinski definition) is 0. The second-order valence-corrected chi connectivity index (χ2v) is 4.28. The van der Waals surface area contributed by atoms with E-state index in [0.29, 0.717) is 13.0 Å². The van der Waals surface area contributed by atoms with Gasteiger partial charge in [-0.05, 0) is 6.42 Å². The average Bonchev–Trinajstić information content (AvgIpc) is 2.20. The van der Waals surface area contributed by atoms with Crippen LogP contribution >= 0.6 is 11.6 Å². The maximum absolute atomic E-state index is 11.7. The highest BCUT2D eigenvalue weighted by atomic mass is 35.5. The standard InChI is InChI=1S/C12H15ClN2O/c1-4-5-6-7-15-11(16)8-10(13)14-12(15)9(2)3/h1,8-9H,5-7H2,2-3H3. The highest BCUT2D eigenvalue weighted by Gasteiger charge is 2.10. The number of rotatable bonds is 4. The first-order valence-electron chi connectivity index (χ1n) is 5.27. The molecule has 0 radical (unpaired) electrons. The summed E-state index contributed by atoms with van der Waals surface area (Å²) >= 11 is 5.77. The lowest BCUT2D eigenvalue weighted by molar-refractivity contribution is 0.561. The fourth-order valence-corrected chi connectivity index (χ4v) is 1.68. The van der Waals surface area contributed by atoms with Crippen LogP contribution in [0.25, 0.3) is 0 Å². The van der Waals surface area contributed by atoms with E-state index < -0.39 is 0 Å². The van der Waals surface area contributed by atoms with Crippen molar-refractivity contribution in [3.8, 4) is 12.3 Å². The van der Waals surface area contributed by atoms with Crippen LogP contribution < -0.4 is 5.56 Å². The van der Waals surface area contributed by atoms with Gasteiger partial charge >= 0.3 is 0 Å². The first kappa shape index (κ1) is 12.8. The van der Waals surface area contributed by atoms with Gasteiger partial charge in [-0.2, -0.15) is 0 Å². The third-order valence-electron chi connectivity index (χ3n) is 2.23. The van der Waals surface area contributed by atoms with Crippen molar-refractivity contribution in [1.29, 1.82) is 0 Å². The smallest absolute Gasteiger partial charge is 0.254 e. The number of hydrogen-bond acceptors (Lipinski definition) is 2. The van der Waals surface area contributed by atoms with Crippen LogP contribution in [0.3, 0.4) is 0 Å². The Bertz CT molecular complexity index is 457. The predicted octanol–water partition coefficient (Wildman–Crippen LogP) is 2.43. The average molecular weight is 239 g/mol. The summed E-state index contributed by atoms with van der Waals surface area (Å²) in [5, 5.41) is 0.252. The molecule has 3 nitrogen and oxygen atoms in total. The molecule has 0 fully saturated rings. The minimum atomic E-state index is -0.110. The SMILES string of the molecule is C#CCCCn1c(C(C)C)nc(Cl)cc1=O. The molecule has 0 unspecified atom stereocenters. The van der Waals surface area contributed by atoms with Crippen molar-refractivity contribution in [3.05, 3.63) is 27.4 Å². The third-order valence-corrected chi connectivity index (χ3v) is 2.42. The molecular weight excluding hydrogens is 224 g/mol. The zero-order valence-electron chi connectivity index (χ0n) is 9.53. The van der Waals surface area contributed by atoms with Gasteiger partial charge in [0.15, 0.2) is 0 Å². The molecule has 1 aromatic heterocycles. The van der Waals surface area contributed by atoms with Crippen LogP contribution in [-0.2, 0) is 6.54 Å². The van der Waals surface area contributed by atoms with Crippen LogP contribution in [0.5, 0.6) is 0 Å². The molecule has 0 spiro atoms. The Labute approximate surface area is 100 Å². The molecule has 16 heavy (non-hydrogen) atoms. The van der Waals surface area contributed by atoms with Gasteiger partial charge in [0.1, 0.15) is 11.0 Å². The summed E-state index contributed by atoms with van der Waals surface area (Å²) in [6, 6.07) is 1.34. The van der Waals surface area contributed by atoms with E-state index in [-0.39, 0.29) is 16.6 Å². The predicted molar refractivity (Wildman–Crippen MR) is 65.7 cm³/mol. The normalized spacial score (nSPS) is 10.4. The van der Waals surface area contributed by atoms with Crippen LogP contribution in [0.15, 0.2) is 10.9 Å². The van der Waals surface area contributed by atoms with Gasteiger partial charge in [-0.25, -0.2) is 4.98 Å². The Morgan fingerprint density at radius 3 is 2.88 bits per heavy atom. The van der Waals surface area contributed by atoms with Gasteiger partial charge in [0.25, 0.3) is 5.56 Å². The van der Waals surface area contributed by atoms with Crippen molar-refractivity contribution in [2.45, 2.75) is 39.2 Å². The molecular formula is C12H15ClN2O. The molecule has 1 rings (SSSR count). The Hall–Kier alpha value is -1.27. The second kappa shape index (κ2) is 5.72. The largest absolute Gasteiger partial charge is 0.296 e. The fourth-order valence-electron chi connectivity index (χ4n) is 1.50. The van der Waals surface area contributed by atoms with Gasteiger partial charge in [0.05, 0.1) is 0 Å². The van der Waals surface area contributed by atoms with Crippen molar-refractivity contribution in [1.82, 2.24) is 9.55 Å². The second-order valence-electron chi connectivity index (χ2n) is 3.89. The first-order chi connectivity index (χ1) is 7.56. The third kappa shape index (κ3) is 3.11. The number of halogens is 1. The van der Waals surface area contributed by atoms with E-state index in [1.54, 1.807) is 4.57 Å². The van der Waals surface area contributed by atoms with Gasteiger partial charge in [0.2, 0.25) is 0 Å².